The molecule has 1 fully saturated rings. The number of benzene rings is 3. The number of ether oxygens (including phenoxy) is 1. The fourth-order valence-corrected chi connectivity index (χ4v) is 4.09. The number of para-hydroxylation sites is 1. The molecule has 3 aromatic carbocycles. The summed E-state index contributed by atoms with van der Waals surface area (Å²) in [6.45, 7) is 2.42. The summed E-state index contributed by atoms with van der Waals surface area (Å²) in [6, 6.07) is 20.5. The van der Waals surface area contributed by atoms with Crippen LogP contribution in [0, 0.1) is 6.92 Å². The topological polar surface area (TPSA) is 68.5 Å². The van der Waals surface area contributed by atoms with Crippen LogP contribution in [-0.2, 0) is 0 Å². The molecule has 1 atom stereocenters. The number of hydrogen-bond donors (Lipinski definition) is 0. The first-order valence-electron chi connectivity index (χ1n) is 11.0. The minimum atomic E-state index is -4.86. The van der Waals surface area contributed by atoms with Gasteiger partial charge >= 0.3 is 6.36 Å². The number of likely N-dealkylation sites (tertiary alicyclic amines) is 1. The molecule has 0 spiro atoms. The predicted molar refractivity (Wildman–Crippen MR) is 121 cm³/mol. The van der Waals surface area contributed by atoms with Crippen LogP contribution < -0.4 is 4.74 Å². The maximum atomic E-state index is 13.5. The van der Waals surface area contributed by atoms with Crippen molar-refractivity contribution in [3.05, 3.63) is 89.8 Å². The molecule has 1 amide bonds. The third-order valence-corrected chi connectivity index (χ3v) is 5.85. The van der Waals surface area contributed by atoms with Gasteiger partial charge in [-0.25, -0.2) is 0 Å². The van der Waals surface area contributed by atoms with Gasteiger partial charge < -0.3 is 14.2 Å². The molecule has 0 bridgehead atoms. The van der Waals surface area contributed by atoms with E-state index in [2.05, 4.69) is 14.9 Å². The highest BCUT2D eigenvalue weighted by molar-refractivity contribution is 6.01. The molecule has 1 aromatic heterocycles. The van der Waals surface area contributed by atoms with E-state index in [1.807, 2.05) is 55.5 Å². The summed E-state index contributed by atoms with van der Waals surface area (Å²) >= 11 is 0. The largest absolute Gasteiger partial charge is 0.573 e. The fourth-order valence-electron chi connectivity index (χ4n) is 4.09. The van der Waals surface area contributed by atoms with Crippen molar-refractivity contribution in [2.75, 3.05) is 6.54 Å². The zero-order valence-electron chi connectivity index (χ0n) is 18.6. The Kier molecular flexibility index (Phi) is 5.76. The Morgan fingerprint density at radius 3 is 2.49 bits per heavy atom. The average molecular weight is 479 g/mol. The van der Waals surface area contributed by atoms with Crippen LogP contribution in [-0.4, -0.2) is 33.9 Å². The van der Waals surface area contributed by atoms with Crippen molar-refractivity contribution >= 4 is 5.91 Å². The van der Waals surface area contributed by atoms with E-state index < -0.39 is 18.2 Å². The lowest BCUT2D eigenvalue weighted by Gasteiger charge is -2.38. The Morgan fingerprint density at radius 2 is 1.77 bits per heavy atom. The van der Waals surface area contributed by atoms with E-state index in [0.29, 0.717) is 18.5 Å². The first-order chi connectivity index (χ1) is 16.8. The molecule has 0 N–H and O–H groups in total. The van der Waals surface area contributed by atoms with Crippen molar-refractivity contribution in [2.24, 2.45) is 0 Å². The normalized spacial score (nSPS) is 15.5. The van der Waals surface area contributed by atoms with Crippen LogP contribution in [0.4, 0.5) is 13.2 Å². The van der Waals surface area contributed by atoms with Gasteiger partial charge in [0.05, 0.1) is 5.56 Å². The summed E-state index contributed by atoms with van der Waals surface area (Å²) in [5, 5.41) is 3.85. The number of carbonyl (C=O) groups excluding carboxylic acids is 1. The van der Waals surface area contributed by atoms with Gasteiger partial charge in [-0.05, 0) is 42.7 Å². The molecule has 35 heavy (non-hydrogen) atoms. The van der Waals surface area contributed by atoms with Gasteiger partial charge in [0.25, 0.3) is 5.91 Å². The molecule has 1 saturated heterocycles. The number of hydrogen-bond acceptors (Lipinski definition) is 5. The second kappa shape index (κ2) is 8.90. The Labute approximate surface area is 199 Å². The monoisotopic (exact) mass is 479 g/mol. The lowest BCUT2D eigenvalue weighted by molar-refractivity contribution is -0.274. The Bertz CT molecular complexity index is 1370. The van der Waals surface area contributed by atoms with Crippen LogP contribution >= 0.6 is 0 Å². The number of alkyl halides is 3. The predicted octanol–water partition coefficient (Wildman–Crippen LogP) is 6.20. The highest BCUT2D eigenvalue weighted by Crippen LogP contribution is 2.38. The molecule has 0 radical (unpaired) electrons. The summed E-state index contributed by atoms with van der Waals surface area (Å²) in [6.07, 6.45) is -4.26. The second-order valence-electron chi connectivity index (χ2n) is 8.22. The number of aryl methyl sites for hydroxylation is 1. The van der Waals surface area contributed by atoms with Gasteiger partial charge in [-0.1, -0.05) is 65.3 Å². The molecular weight excluding hydrogens is 459 g/mol. The maximum Gasteiger partial charge on any atom is 0.573 e. The standard InChI is InChI=1S/C26H20F3N3O3/c1-16-11-12-18(17-7-3-2-4-8-17)20(15-16)25(33)32-14-13-21(32)24-30-23(31-35-24)19-9-5-6-10-22(19)34-26(27,28)29/h2-12,15,21H,13-14H2,1H3. The molecule has 2 heterocycles. The highest BCUT2D eigenvalue weighted by atomic mass is 19.4. The second-order valence-corrected chi connectivity index (χ2v) is 8.22. The van der Waals surface area contributed by atoms with Gasteiger partial charge in [0.1, 0.15) is 11.8 Å². The van der Waals surface area contributed by atoms with Crippen molar-refractivity contribution < 1.29 is 27.2 Å². The summed E-state index contributed by atoms with van der Waals surface area (Å²) in [5.41, 5.74) is 3.30. The number of halogens is 3. The molecular formula is C26H20F3N3O3. The van der Waals surface area contributed by atoms with Gasteiger partial charge in [0.15, 0.2) is 0 Å². The highest BCUT2D eigenvalue weighted by Gasteiger charge is 2.39. The van der Waals surface area contributed by atoms with E-state index in [4.69, 9.17) is 4.52 Å². The first-order valence-corrected chi connectivity index (χ1v) is 11.0. The Morgan fingerprint density at radius 1 is 1.03 bits per heavy atom. The SMILES string of the molecule is Cc1ccc(-c2ccccc2)c(C(=O)N2CCC2c2nc(-c3ccccc3OC(F)(F)F)no2)c1. The van der Waals surface area contributed by atoms with E-state index in [0.717, 1.165) is 16.7 Å². The smallest absolute Gasteiger partial charge is 0.405 e. The van der Waals surface area contributed by atoms with Gasteiger partial charge in [-0.15, -0.1) is 13.2 Å². The molecule has 6 nitrogen and oxygen atoms in total. The third-order valence-electron chi connectivity index (χ3n) is 5.85. The van der Waals surface area contributed by atoms with E-state index >= 15 is 0 Å². The van der Waals surface area contributed by atoms with Gasteiger partial charge in [-0.2, -0.15) is 4.98 Å². The van der Waals surface area contributed by atoms with Crippen LogP contribution in [0.3, 0.4) is 0 Å². The number of rotatable bonds is 5. The first kappa shape index (κ1) is 22.6. The molecule has 5 rings (SSSR count). The van der Waals surface area contributed by atoms with Crippen LogP contribution in [0.1, 0.15) is 34.3 Å². The van der Waals surface area contributed by atoms with Crippen LogP contribution in [0.25, 0.3) is 22.5 Å². The quantitative estimate of drug-likeness (QED) is 0.341. The fraction of sp³-hybridized carbons (Fsp3) is 0.192. The molecule has 1 unspecified atom stereocenters. The molecule has 4 aromatic rings. The minimum Gasteiger partial charge on any atom is -0.405 e. The van der Waals surface area contributed by atoms with Crippen LogP contribution in [0.5, 0.6) is 5.75 Å². The molecule has 178 valence electrons. The van der Waals surface area contributed by atoms with E-state index in [9.17, 15) is 18.0 Å². The third kappa shape index (κ3) is 4.62. The zero-order chi connectivity index (χ0) is 24.6. The lowest BCUT2D eigenvalue weighted by atomic mass is 9.94. The van der Waals surface area contributed by atoms with Crippen molar-refractivity contribution in [2.45, 2.75) is 25.7 Å². The zero-order valence-corrected chi connectivity index (χ0v) is 18.6. The van der Waals surface area contributed by atoms with Gasteiger partial charge in [-0.3, -0.25) is 4.79 Å². The van der Waals surface area contributed by atoms with Crippen LogP contribution in [0.2, 0.25) is 0 Å². The molecule has 0 aliphatic carbocycles. The molecule has 1 aliphatic rings. The molecule has 0 saturated carbocycles. The Hall–Kier alpha value is -4.14. The van der Waals surface area contributed by atoms with Crippen molar-refractivity contribution in [3.8, 4) is 28.3 Å². The van der Waals surface area contributed by atoms with E-state index in [1.54, 1.807) is 11.0 Å². The summed E-state index contributed by atoms with van der Waals surface area (Å²) in [4.78, 5) is 19.5. The summed E-state index contributed by atoms with van der Waals surface area (Å²) in [5.74, 6) is -0.486. The number of carbonyl (C=O) groups is 1. The van der Waals surface area contributed by atoms with Gasteiger partial charge in [0.2, 0.25) is 11.7 Å². The van der Waals surface area contributed by atoms with Crippen molar-refractivity contribution in [1.29, 1.82) is 0 Å². The van der Waals surface area contributed by atoms with Crippen molar-refractivity contribution in [1.82, 2.24) is 15.0 Å². The summed E-state index contributed by atoms with van der Waals surface area (Å²) in [7, 11) is 0. The van der Waals surface area contributed by atoms with Crippen LogP contribution in [0.15, 0.2) is 77.3 Å². The molecule has 1 aliphatic heterocycles. The van der Waals surface area contributed by atoms with E-state index in [-0.39, 0.29) is 23.2 Å². The summed E-state index contributed by atoms with van der Waals surface area (Å²) < 4.78 is 47.8. The number of nitrogens with zero attached hydrogens (tertiary/aromatic N) is 3. The Balaban J connectivity index is 1.42. The number of amides is 1. The average Bonchev–Trinajstić information content (AvgIpc) is 3.27. The van der Waals surface area contributed by atoms with Gasteiger partial charge in [0, 0.05) is 12.1 Å². The number of aromatic nitrogens is 2. The lowest BCUT2D eigenvalue weighted by Crippen LogP contribution is -2.45. The molecule has 9 heteroatoms. The van der Waals surface area contributed by atoms with Crippen molar-refractivity contribution in [3.63, 3.8) is 0 Å². The maximum absolute atomic E-state index is 13.5. The minimum absolute atomic E-state index is 0.0420. The van der Waals surface area contributed by atoms with E-state index in [1.165, 1.54) is 18.2 Å².